The summed E-state index contributed by atoms with van der Waals surface area (Å²) in [6, 6.07) is 16.3. The van der Waals surface area contributed by atoms with Crippen LogP contribution in [0.25, 0.3) is 11.0 Å². The molecule has 0 bridgehead atoms. The van der Waals surface area contributed by atoms with Crippen molar-refractivity contribution in [3.8, 4) is 0 Å². The van der Waals surface area contributed by atoms with Crippen LogP contribution in [0.4, 0.5) is 11.4 Å². The van der Waals surface area contributed by atoms with Crippen molar-refractivity contribution in [1.29, 1.82) is 0 Å². The average Bonchev–Trinajstić information content (AvgIpc) is 2.59. The van der Waals surface area contributed by atoms with E-state index in [1.807, 2.05) is 42.5 Å². The van der Waals surface area contributed by atoms with Gasteiger partial charge in [-0.25, -0.2) is 0 Å². The largest absolute Gasteiger partial charge is 0.337 e. The molecule has 0 atom stereocenters. The molecule has 0 saturated heterocycles. The first-order valence-corrected chi connectivity index (χ1v) is 7.03. The number of aromatic nitrogens is 2. The fraction of sp³-hybridized carbons (Fsp3) is 0.0588. The fourth-order valence-electron chi connectivity index (χ4n) is 2.31. The number of nitrogens with one attached hydrogen (secondary N) is 1. The highest BCUT2D eigenvalue weighted by atomic mass is 15.2. The van der Waals surface area contributed by atoms with Crippen LogP contribution in [0.1, 0.15) is 0 Å². The lowest BCUT2D eigenvalue weighted by Crippen LogP contribution is -2.19. The Bertz CT molecular complexity index is 770. The molecule has 1 heterocycles. The molecule has 0 radical (unpaired) electrons. The van der Waals surface area contributed by atoms with E-state index in [9.17, 15) is 0 Å². The first-order valence-electron chi connectivity index (χ1n) is 7.03. The molecular weight excluding hydrogens is 274 g/mol. The molecule has 0 amide bonds. The molecule has 0 unspecified atom stereocenters. The summed E-state index contributed by atoms with van der Waals surface area (Å²) in [5, 5.41) is 0. The average molecular weight is 291 g/mol. The van der Waals surface area contributed by atoms with Crippen LogP contribution < -0.4 is 16.2 Å². The summed E-state index contributed by atoms with van der Waals surface area (Å²) in [7, 11) is 0. The van der Waals surface area contributed by atoms with Crippen molar-refractivity contribution in [2.45, 2.75) is 0 Å². The Morgan fingerprint density at radius 1 is 0.955 bits per heavy atom. The topological polar surface area (TPSA) is 67.1 Å². The van der Waals surface area contributed by atoms with E-state index in [-0.39, 0.29) is 0 Å². The molecule has 110 valence electrons. The van der Waals surface area contributed by atoms with Crippen LogP contribution in [0.15, 0.2) is 73.2 Å². The fourth-order valence-corrected chi connectivity index (χ4v) is 2.31. The minimum Gasteiger partial charge on any atom is -0.337 e. The van der Waals surface area contributed by atoms with Crippen molar-refractivity contribution in [1.82, 2.24) is 15.4 Å². The van der Waals surface area contributed by atoms with Crippen molar-refractivity contribution in [2.24, 2.45) is 5.84 Å². The number of hydrogen-bond donors (Lipinski definition) is 2. The summed E-state index contributed by atoms with van der Waals surface area (Å²) >= 11 is 0. The highest BCUT2D eigenvalue weighted by Gasteiger charge is 2.08. The molecule has 5 heteroatoms. The highest BCUT2D eigenvalue weighted by Crippen LogP contribution is 2.27. The Hall–Kier alpha value is -2.92. The maximum Gasteiger partial charge on any atom is 0.0907 e. The van der Waals surface area contributed by atoms with Gasteiger partial charge in [-0.2, -0.15) is 0 Å². The van der Waals surface area contributed by atoms with Crippen molar-refractivity contribution in [2.75, 3.05) is 11.4 Å². The highest BCUT2D eigenvalue weighted by molar-refractivity contribution is 5.80. The Balaban J connectivity index is 2.01. The van der Waals surface area contributed by atoms with Gasteiger partial charge in [0.15, 0.2) is 0 Å². The van der Waals surface area contributed by atoms with Gasteiger partial charge in [0.1, 0.15) is 0 Å². The van der Waals surface area contributed by atoms with E-state index in [1.165, 1.54) is 0 Å². The molecule has 3 rings (SSSR count). The number of nitrogens with two attached hydrogens (primary N) is 1. The number of hydrazine groups is 1. The van der Waals surface area contributed by atoms with E-state index in [2.05, 4.69) is 32.4 Å². The third-order valence-electron chi connectivity index (χ3n) is 3.33. The zero-order valence-corrected chi connectivity index (χ0v) is 12.1. The number of benzene rings is 2. The maximum atomic E-state index is 5.29. The van der Waals surface area contributed by atoms with Crippen LogP contribution in [0.3, 0.4) is 0 Å². The molecule has 22 heavy (non-hydrogen) atoms. The quantitative estimate of drug-likeness (QED) is 0.559. The Labute approximate surface area is 129 Å². The summed E-state index contributed by atoms with van der Waals surface area (Å²) in [5.41, 5.74) is 6.45. The molecule has 0 aliphatic heterocycles. The molecule has 5 nitrogen and oxygen atoms in total. The van der Waals surface area contributed by atoms with E-state index in [4.69, 9.17) is 5.84 Å². The number of anilines is 2. The molecule has 3 aromatic rings. The van der Waals surface area contributed by atoms with E-state index in [0.717, 1.165) is 22.4 Å². The SMILES string of the molecule is NNC=CCN(c1ccccc1)c1ccc2nccnc2c1. The van der Waals surface area contributed by atoms with Gasteiger partial charge in [0.05, 0.1) is 11.0 Å². The van der Waals surface area contributed by atoms with Gasteiger partial charge in [-0.1, -0.05) is 18.2 Å². The summed E-state index contributed by atoms with van der Waals surface area (Å²) in [6.07, 6.45) is 7.09. The van der Waals surface area contributed by atoms with Crippen molar-refractivity contribution in [3.63, 3.8) is 0 Å². The Morgan fingerprint density at radius 2 is 1.73 bits per heavy atom. The standard InChI is InChI=1S/C17H17N5/c18-21-9-4-12-22(14-5-2-1-3-6-14)15-7-8-16-17(13-15)20-11-10-19-16/h1-11,13,21H,12,18H2. The molecular formula is C17H17N5. The minimum atomic E-state index is 0.694. The number of hydrogen-bond acceptors (Lipinski definition) is 5. The first kappa shape index (κ1) is 14.0. The summed E-state index contributed by atoms with van der Waals surface area (Å²) in [4.78, 5) is 10.9. The van der Waals surface area contributed by atoms with Crippen LogP contribution in [0, 0.1) is 0 Å². The summed E-state index contributed by atoms with van der Waals surface area (Å²) in [5.74, 6) is 5.29. The molecule has 2 aromatic carbocycles. The lowest BCUT2D eigenvalue weighted by atomic mass is 10.2. The van der Waals surface area contributed by atoms with Gasteiger partial charge in [-0.15, -0.1) is 0 Å². The number of nitrogens with zero attached hydrogens (tertiary/aromatic N) is 3. The van der Waals surface area contributed by atoms with Gasteiger partial charge >= 0.3 is 0 Å². The van der Waals surface area contributed by atoms with Crippen LogP contribution in [-0.4, -0.2) is 16.5 Å². The number of fused-ring (bicyclic) bond motifs is 1. The zero-order chi connectivity index (χ0) is 15.2. The van der Waals surface area contributed by atoms with Gasteiger partial charge in [0.25, 0.3) is 0 Å². The van der Waals surface area contributed by atoms with Gasteiger partial charge in [0, 0.05) is 36.5 Å². The van der Waals surface area contributed by atoms with Crippen molar-refractivity contribution >= 4 is 22.4 Å². The smallest absolute Gasteiger partial charge is 0.0907 e. The lowest BCUT2D eigenvalue weighted by Gasteiger charge is -2.23. The Morgan fingerprint density at radius 3 is 2.50 bits per heavy atom. The molecule has 0 aliphatic carbocycles. The molecule has 0 fully saturated rings. The first-order chi connectivity index (χ1) is 10.9. The predicted molar refractivity (Wildman–Crippen MR) is 89.4 cm³/mol. The second-order valence-corrected chi connectivity index (χ2v) is 4.74. The minimum absolute atomic E-state index is 0.694. The monoisotopic (exact) mass is 291 g/mol. The normalized spacial score (nSPS) is 11.0. The molecule has 0 saturated carbocycles. The predicted octanol–water partition coefficient (Wildman–Crippen LogP) is 2.74. The summed E-state index contributed by atoms with van der Waals surface area (Å²) < 4.78 is 0. The number of rotatable bonds is 5. The Kier molecular flexibility index (Phi) is 4.27. The lowest BCUT2D eigenvalue weighted by molar-refractivity contribution is 0.954. The number of para-hydroxylation sites is 1. The van der Waals surface area contributed by atoms with E-state index >= 15 is 0 Å². The second-order valence-electron chi connectivity index (χ2n) is 4.74. The van der Waals surface area contributed by atoms with E-state index in [1.54, 1.807) is 18.6 Å². The zero-order valence-electron chi connectivity index (χ0n) is 12.1. The van der Waals surface area contributed by atoms with Crippen LogP contribution in [-0.2, 0) is 0 Å². The van der Waals surface area contributed by atoms with Gasteiger partial charge in [-0.05, 0) is 36.4 Å². The molecule has 1 aromatic heterocycles. The third kappa shape index (κ3) is 3.05. The maximum absolute atomic E-state index is 5.29. The molecule has 0 spiro atoms. The van der Waals surface area contributed by atoms with Gasteiger partial charge in [0.2, 0.25) is 0 Å². The molecule has 0 aliphatic rings. The van der Waals surface area contributed by atoms with Gasteiger partial charge in [-0.3, -0.25) is 15.8 Å². The van der Waals surface area contributed by atoms with Crippen molar-refractivity contribution in [3.05, 3.63) is 73.2 Å². The van der Waals surface area contributed by atoms with E-state index < -0.39 is 0 Å². The second kappa shape index (κ2) is 6.69. The van der Waals surface area contributed by atoms with E-state index in [0.29, 0.717) is 6.54 Å². The third-order valence-corrected chi connectivity index (χ3v) is 3.33. The van der Waals surface area contributed by atoms with Crippen LogP contribution >= 0.6 is 0 Å². The van der Waals surface area contributed by atoms with Crippen LogP contribution in [0.2, 0.25) is 0 Å². The molecule has 3 N–H and O–H groups in total. The van der Waals surface area contributed by atoms with Crippen molar-refractivity contribution < 1.29 is 0 Å². The van der Waals surface area contributed by atoms with Crippen LogP contribution in [0.5, 0.6) is 0 Å². The summed E-state index contributed by atoms with van der Waals surface area (Å²) in [6.45, 7) is 0.694. The van der Waals surface area contributed by atoms with Gasteiger partial charge < -0.3 is 10.3 Å².